The summed E-state index contributed by atoms with van der Waals surface area (Å²) in [5, 5.41) is 9.04. The average Bonchev–Trinajstić information content (AvgIpc) is 2.76. The monoisotopic (exact) mass is 408 g/mol. The summed E-state index contributed by atoms with van der Waals surface area (Å²) in [5.41, 5.74) is 5.57. The van der Waals surface area contributed by atoms with Gasteiger partial charge >= 0.3 is 0 Å². The Morgan fingerprint density at radius 2 is 1.63 bits per heavy atom. The molecule has 2 aliphatic rings. The zero-order chi connectivity index (χ0) is 21.4. The second-order valence-corrected chi connectivity index (χ2v) is 10.2. The molecule has 1 fully saturated rings. The fourth-order valence-electron chi connectivity index (χ4n) is 4.88. The maximum Gasteiger partial charge on any atom is 0.225 e. The topological polar surface area (TPSA) is 52.5 Å². The first kappa shape index (κ1) is 21.3. The van der Waals surface area contributed by atoms with Gasteiger partial charge in [-0.2, -0.15) is 0 Å². The van der Waals surface area contributed by atoms with Crippen molar-refractivity contribution in [3.63, 3.8) is 0 Å². The molecule has 0 bridgehead atoms. The molecule has 1 saturated heterocycles. The largest absolute Gasteiger partial charge is 0.396 e. The number of hydrogen-bond acceptors (Lipinski definition) is 5. The van der Waals surface area contributed by atoms with Crippen LogP contribution in [0.1, 0.15) is 58.1 Å². The molecule has 1 aromatic carbocycles. The molecule has 1 aliphatic heterocycles. The van der Waals surface area contributed by atoms with Gasteiger partial charge in [-0.15, -0.1) is 0 Å². The molecule has 1 aromatic heterocycles. The quantitative estimate of drug-likeness (QED) is 0.810. The normalized spacial score (nSPS) is 20.8. The van der Waals surface area contributed by atoms with Crippen molar-refractivity contribution in [1.29, 1.82) is 0 Å². The van der Waals surface area contributed by atoms with Gasteiger partial charge in [0.2, 0.25) is 5.95 Å². The molecule has 0 unspecified atom stereocenters. The Balaban J connectivity index is 1.57. The molecule has 2 heterocycles. The third kappa shape index (κ3) is 4.23. The van der Waals surface area contributed by atoms with E-state index in [4.69, 9.17) is 10.1 Å². The van der Waals surface area contributed by atoms with E-state index in [1.165, 1.54) is 29.5 Å². The molecule has 30 heavy (non-hydrogen) atoms. The fourth-order valence-corrected chi connectivity index (χ4v) is 4.88. The summed E-state index contributed by atoms with van der Waals surface area (Å²) in [5.74, 6) is 0.826. The van der Waals surface area contributed by atoms with Gasteiger partial charge in [0.25, 0.3) is 0 Å². The van der Waals surface area contributed by atoms with Crippen LogP contribution >= 0.6 is 0 Å². The van der Waals surface area contributed by atoms with Gasteiger partial charge < -0.3 is 10.0 Å². The van der Waals surface area contributed by atoms with E-state index in [9.17, 15) is 0 Å². The van der Waals surface area contributed by atoms with Crippen LogP contribution in [0.15, 0.2) is 30.5 Å². The fraction of sp³-hybridized carbons (Fsp3) is 0.600. The molecule has 1 N–H and O–H groups in total. The van der Waals surface area contributed by atoms with Gasteiger partial charge in [-0.1, -0.05) is 39.8 Å². The lowest BCUT2D eigenvalue weighted by Gasteiger charge is -2.42. The van der Waals surface area contributed by atoms with Crippen LogP contribution in [0.25, 0.3) is 11.3 Å². The van der Waals surface area contributed by atoms with Crippen LogP contribution in [0.3, 0.4) is 0 Å². The third-order valence-electron chi connectivity index (χ3n) is 7.08. The highest BCUT2D eigenvalue weighted by molar-refractivity contribution is 5.64. The number of rotatable bonds is 5. The van der Waals surface area contributed by atoms with Crippen molar-refractivity contribution in [1.82, 2.24) is 14.9 Å². The Morgan fingerprint density at radius 1 is 0.933 bits per heavy atom. The van der Waals surface area contributed by atoms with Crippen LogP contribution in [0.2, 0.25) is 0 Å². The number of piperazine rings is 1. The van der Waals surface area contributed by atoms with E-state index >= 15 is 0 Å². The van der Waals surface area contributed by atoms with Gasteiger partial charge in [-0.25, -0.2) is 9.97 Å². The van der Waals surface area contributed by atoms with Crippen molar-refractivity contribution in [2.24, 2.45) is 0 Å². The first-order valence-corrected chi connectivity index (χ1v) is 11.4. The van der Waals surface area contributed by atoms with E-state index in [2.05, 4.69) is 60.7 Å². The zero-order valence-electron chi connectivity index (χ0n) is 19.0. The number of anilines is 1. The molecular formula is C25H36N4O. The summed E-state index contributed by atoms with van der Waals surface area (Å²) in [7, 11) is 0. The lowest BCUT2D eigenvalue weighted by Crippen LogP contribution is -2.47. The summed E-state index contributed by atoms with van der Waals surface area (Å²) in [4.78, 5) is 14.2. The molecule has 0 spiro atoms. The van der Waals surface area contributed by atoms with E-state index in [1.54, 1.807) is 0 Å². The Bertz CT molecular complexity index is 884. The van der Waals surface area contributed by atoms with E-state index in [0.29, 0.717) is 0 Å². The molecule has 0 radical (unpaired) electrons. The average molecular weight is 409 g/mol. The molecule has 162 valence electrons. The minimum Gasteiger partial charge on any atom is -0.396 e. The van der Waals surface area contributed by atoms with E-state index in [0.717, 1.165) is 50.8 Å². The Kier molecular flexibility index (Phi) is 5.86. The second-order valence-electron chi connectivity index (χ2n) is 10.2. The minimum absolute atomic E-state index is 0.196. The van der Waals surface area contributed by atoms with E-state index < -0.39 is 0 Å². The molecule has 1 aliphatic carbocycles. The van der Waals surface area contributed by atoms with Gasteiger partial charge in [0.15, 0.2) is 0 Å². The van der Waals surface area contributed by atoms with Crippen molar-refractivity contribution < 1.29 is 5.11 Å². The predicted molar refractivity (Wildman–Crippen MR) is 123 cm³/mol. The highest BCUT2D eigenvalue weighted by Crippen LogP contribution is 2.46. The van der Waals surface area contributed by atoms with Crippen LogP contribution in [-0.4, -0.2) is 59.3 Å². The number of fused-ring (bicyclic) bond motifs is 1. The lowest BCUT2D eigenvalue weighted by atomic mass is 9.63. The molecule has 5 heteroatoms. The summed E-state index contributed by atoms with van der Waals surface area (Å²) in [6.07, 6.45) is 5.18. The zero-order valence-corrected chi connectivity index (χ0v) is 19.0. The summed E-state index contributed by atoms with van der Waals surface area (Å²) < 4.78 is 0. The maximum atomic E-state index is 9.04. The van der Waals surface area contributed by atoms with Gasteiger partial charge in [0.1, 0.15) is 0 Å². The van der Waals surface area contributed by atoms with Crippen molar-refractivity contribution in [3.8, 4) is 11.3 Å². The van der Waals surface area contributed by atoms with Gasteiger partial charge in [0, 0.05) is 51.1 Å². The van der Waals surface area contributed by atoms with Gasteiger partial charge in [-0.3, -0.25) is 4.90 Å². The Labute approximate surface area is 181 Å². The minimum atomic E-state index is 0.196. The smallest absolute Gasteiger partial charge is 0.225 e. The number of nitrogens with zero attached hydrogens (tertiary/aromatic N) is 4. The van der Waals surface area contributed by atoms with Crippen LogP contribution < -0.4 is 4.90 Å². The molecule has 0 saturated carbocycles. The second kappa shape index (κ2) is 8.27. The molecule has 5 nitrogen and oxygen atoms in total. The Hall–Kier alpha value is -1.98. The number of aromatic nitrogens is 2. The summed E-state index contributed by atoms with van der Waals surface area (Å²) >= 11 is 0. The number of hydrogen-bond donors (Lipinski definition) is 1. The highest BCUT2D eigenvalue weighted by atomic mass is 16.3. The van der Waals surface area contributed by atoms with Crippen molar-refractivity contribution in [2.45, 2.75) is 57.8 Å². The number of aliphatic hydroxyl groups is 1. The van der Waals surface area contributed by atoms with Crippen LogP contribution in [0.5, 0.6) is 0 Å². The SMILES string of the molecule is CC1(C)CCC(C)(C)c2cc(-c3ccnc(N4CCN(CCCO)CC4)n3)ccc21. The standard InChI is InChI=1S/C25H36N4O/c1-24(2)9-10-25(3,4)21-18-19(6-7-20(21)24)22-8-11-26-23(27-22)29-15-13-28(14-16-29)12-5-17-30/h6-8,11,18,30H,5,9-10,12-17H2,1-4H3. The third-order valence-corrected chi connectivity index (χ3v) is 7.08. The van der Waals surface area contributed by atoms with Gasteiger partial charge in [-0.05, 0) is 53.4 Å². The highest BCUT2D eigenvalue weighted by Gasteiger charge is 2.37. The van der Waals surface area contributed by atoms with Gasteiger partial charge in [0.05, 0.1) is 5.69 Å². The molecule has 0 atom stereocenters. The van der Waals surface area contributed by atoms with Crippen molar-refractivity contribution in [3.05, 3.63) is 41.6 Å². The first-order chi connectivity index (χ1) is 14.3. The van der Waals surface area contributed by atoms with E-state index in [-0.39, 0.29) is 17.4 Å². The molecule has 0 amide bonds. The van der Waals surface area contributed by atoms with Crippen LogP contribution in [-0.2, 0) is 10.8 Å². The van der Waals surface area contributed by atoms with Crippen LogP contribution in [0, 0.1) is 0 Å². The molecule has 4 rings (SSSR count). The summed E-state index contributed by atoms with van der Waals surface area (Å²) in [6, 6.07) is 8.97. The molecule has 2 aromatic rings. The molecular weight excluding hydrogens is 372 g/mol. The number of benzene rings is 1. The Morgan fingerprint density at radius 3 is 2.33 bits per heavy atom. The van der Waals surface area contributed by atoms with Crippen molar-refractivity contribution >= 4 is 5.95 Å². The first-order valence-electron chi connectivity index (χ1n) is 11.4. The maximum absolute atomic E-state index is 9.04. The predicted octanol–water partition coefficient (Wildman–Crippen LogP) is 4.00. The number of aliphatic hydroxyl groups excluding tert-OH is 1. The summed E-state index contributed by atoms with van der Waals surface area (Å²) in [6.45, 7) is 14.5. The van der Waals surface area contributed by atoms with Crippen molar-refractivity contribution in [2.75, 3.05) is 44.2 Å². The van der Waals surface area contributed by atoms with E-state index in [1.807, 2.05) is 12.3 Å². The lowest BCUT2D eigenvalue weighted by molar-refractivity contribution is 0.215. The van der Waals surface area contributed by atoms with Crippen LogP contribution in [0.4, 0.5) is 5.95 Å².